The lowest BCUT2D eigenvalue weighted by molar-refractivity contribution is 0.406. The number of aryl methyl sites for hydroxylation is 2. The van der Waals surface area contributed by atoms with Gasteiger partial charge in [-0.3, -0.25) is 4.98 Å². The number of hydrogen-bond donors (Lipinski definition) is 1. The molecule has 0 spiro atoms. The topological polar surface area (TPSA) is 48.1 Å². The van der Waals surface area contributed by atoms with E-state index in [1.165, 1.54) is 16.7 Å². The average Bonchev–Trinajstić information content (AvgIpc) is 2.45. The summed E-state index contributed by atoms with van der Waals surface area (Å²) in [6, 6.07) is 6.23. The van der Waals surface area contributed by atoms with Crippen molar-refractivity contribution in [3.63, 3.8) is 0 Å². The van der Waals surface area contributed by atoms with Crippen molar-refractivity contribution in [2.75, 3.05) is 7.11 Å². The summed E-state index contributed by atoms with van der Waals surface area (Å²) in [5, 5.41) is 0. The van der Waals surface area contributed by atoms with Gasteiger partial charge in [-0.1, -0.05) is 18.2 Å². The van der Waals surface area contributed by atoms with E-state index in [1.807, 2.05) is 20.0 Å². The molecule has 1 aromatic carbocycles. The summed E-state index contributed by atoms with van der Waals surface area (Å²) in [6.45, 7) is 8.29. The van der Waals surface area contributed by atoms with Crippen LogP contribution in [0.2, 0.25) is 0 Å². The quantitative estimate of drug-likeness (QED) is 0.933. The molecule has 1 aromatic heterocycles. The molecule has 0 amide bonds. The van der Waals surface area contributed by atoms with Gasteiger partial charge in [0.25, 0.3) is 0 Å². The molecule has 0 saturated heterocycles. The van der Waals surface area contributed by atoms with Crippen LogP contribution in [0.4, 0.5) is 0 Å². The van der Waals surface area contributed by atoms with Gasteiger partial charge in [-0.15, -0.1) is 0 Å². The number of pyridine rings is 1. The lowest BCUT2D eigenvalue weighted by Gasteiger charge is -2.18. The number of aromatic nitrogens is 1. The maximum absolute atomic E-state index is 6.41. The molecule has 1 atom stereocenters. The predicted molar refractivity (Wildman–Crippen MR) is 86.8 cm³/mol. The van der Waals surface area contributed by atoms with Gasteiger partial charge in [-0.25, -0.2) is 0 Å². The summed E-state index contributed by atoms with van der Waals surface area (Å²) in [7, 11) is 1.70. The molecular formula is C18H24N2O. The van der Waals surface area contributed by atoms with Crippen molar-refractivity contribution in [1.82, 2.24) is 4.98 Å². The van der Waals surface area contributed by atoms with E-state index in [0.29, 0.717) is 6.42 Å². The molecule has 112 valence electrons. The van der Waals surface area contributed by atoms with Gasteiger partial charge in [0.15, 0.2) is 0 Å². The van der Waals surface area contributed by atoms with Gasteiger partial charge in [0.1, 0.15) is 5.75 Å². The molecule has 0 aliphatic heterocycles. The zero-order chi connectivity index (χ0) is 15.6. The van der Waals surface area contributed by atoms with Crippen LogP contribution in [-0.4, -0.2) is 12.1 Å². The molecule has 3 nitrogen and oxygen atoms in total. The first-order chi connectivity index (χ1) is 9.95. The molecule has 0 aliphatic carbocycles. The van der Waals surface area contributed by atoms with Crippen molar-refractivity contribution in [3.8, 4) is 5.75 Å². The Balaban J connectivity index is 2.32. The zero-order valence-electron chi connectivity index (χ0n) is 13.5. The maximum Gasteiger partial charge on any atom is 0.128 e. The Morgan fingerprint density at radius 3 is 2.48 bits per heavy atom. The van der Waals surface area contributed by atoms with Crippen LogP contribution in [0.15, 0.2) is 24.4 Å². The molecule has 0 saturated carbocycles. The number of nitrogens with two attached hydrogens (primary N) is 1. The number of hydrogen-bond acceptors (Lipinski definition) is 3. The van der Waals surface area contributed by atoms with Gasteiger partial charge in [0.2, 0.25) is 0 Å². The summed E-state index contributed by atoms with van der Waals surface area (Å²) < 4.78 is 5.47. The van der Waals surface area contributed by atoms with Gasteiger partial charge in [-0.05, 0) is 44.4 Å². The van der Waals surface area contributed by atoms with Gasteiger partial charge in [-0.2, -0.15) is 0 Å². The van der Waals surface area contributed by atoms with E-state index in [4.69, 9.17) is 10.5 Å². The number of nitrogens with zero attached hydrogens (tertiary/aromatic N) is 1. The minimum atomic E-state index is -0.0523. The SMILES string of the molecule is COc1c(C)cnc(CC(N)c2cccc(C)c2C)c1C. The number of rotatable bonds is 4. The molecule has 3 heteroatoms. The highest BCUT2D eigenvalue weighted by Crippen LogP contribution is 2.27. The van der Waals surface area contributed by atoms with E-state index in [1.54, 1.807) is 7.11 Å². The van der Waals surface area contributed by atoms with E-state index in [0.717, 1.165) is 22.6 Å². The van der Waals surface area contributed by atoms with Crippen LogP contribution >= 0.6 is 0 Å². The Bertz CT molecular complexity index is 650. The van der Waals surface area contributed by atoms with Crippen LogP contribution in [-0.2, 0) is 6.42 Å². The van der Waals surface area contributed by atoms with Crippen LogP contribution in [0.1, 0.15) is 39.6 Å². The molecule has 1 heterocycles. The lowest BCUT2D eigenvalue weighted by atomic mass is 9.94. The fraction of sp³-hybridized carbons (Fsp3) is 0.389. The van der Waals surface area contributed by atoms with Gasteiger partial charge in [0.05, 0.1) is 7.11 Å². The first-order valence-electron chi connectivity index (χ1n) is 7.26. The van der Waals surface area contributed by atoms with Crippen LogP contribution in [0, 0.1) is 27.7 Å². The van der Waals surface area contributed by atoms with Gasteiger partial charge >= 0.3 is 0 Å². The second kappa shape index (κ2) is 6.27. The molecule has 2 aromatic rings. The zero-order valence-corrected chi connectivity index (χ0v) is 13.5. The third kappa shape index (κ3) is 3.08. The highest BCUT2D eigenvalue weighted by atomic mass is 16.5. The fourth-order valence-corrected chi connectivity index (χ4v) is 2.77. The van der Waals surface area contributed by atoms with Crippen LogP contribution in [0.25, 0.3) is 0 Å². The van der Waals surface area contributed by atoms with Gasteiger partial charge < -0.3 is 10.5 Å². The normalized spacial score (nSPS) is 12.3. The summed E-state index contributed by atoms with van der Waals surface area (Å²) in [6.07, 6.45) is 2.57. The number of methoxy groups -OCH3 is 1. The molecule has 0 radical (unpaired) electrons. The van der Waals surface area contributed by atoms with E-state index in [9.17, 15) is 0 Å². The first kappa shape index (κ1) is 15.5. The van der Waals surface area contributed by atoms with Crippen molar-refractivity contribution in [2.24, 2.45) is 5.73 Å². The van der Waals surface area contributed by atoms with E-state index < -0.39 is 0 Å². The van der Waals surface area contributed by atoms with Crippen molar-refractivity contribution >= 4 is 0 Å². The number of benzene rings is 1. The summed E-state index contributed by atoms with van der Waals surface area (Å²) in [5.41, 5.74) is 13.3. The molecular weight excluding hydrogens is 260 g/mol. The monoisotopic (exact) mass is 284 g/mol. The van der Waals surface area contributed by atoms with Crippen molar-refractivity contribution in [2.45, 2.75) is 40.2 Å². The Kier molecular flexibility index (Phi) is 4.63. The Labute approximate surface area is 127 Å². The van der Waals surface area contributed by atoms with E-state index in [2.05, 4.69) is 37.0 Å². The first-order valence-corrected chi connectivity index (χ1v) is 7.26. The van der Waals surface area contributed by atoms with Crippen LogP contribution < -0.4 is 10.5 Å². The molecule has 0 bridgehead atoms. The van der Waals surface area contributed by atoms with Crippen molar-refractivity contribution < 1.29 is 4.74 Å². The van der Waals surface area contributed by atoms with Gasteiger partial charge in [0, 0.05) is 35.5 Å². The summed E-state index contributed by atoms with van der Waals surface area (Å²) in [5.74, 6) is 0.910. The minimum Gasteiger partial charge on any atom is -0.496 e. The third-order valence-electron chi connectivity index (χ3n) is 4.21. The smallest absolute Gasteiger partial charge is 0.128 e. The largest absolute Gasteiger partial charge is 0.496 e. The highest BCUT2D eigenvalue weighted by Gasteiger charge is 2.15. The van der Waals surface area contributed by atoms with Crippen molar-refractivity contribution in [3.05, 3.63) is 57.9 Å². The lowest BCUT2D eigenvalue weighted by Crippen LogP contribution is -2.17. The minimum absolute atomic E-state index is 0.0523. The molecule has 0 aliphatic rings. The average molecular weight is 284 g/mol. The number of ether oxygens (including phenoxy) is 1. The molecule has 21 heavy (non-hydrogen) atoms. The Hall–Kier alpha value is -1.87. The van der Waals surface area contributed by atoms with Crippen LogP contribution in [0.5, 0.6) is 5.75 Å². The second-order valence-electron chi connectivity index (χ2n) is 5.65. The molecule has 0 fully saturated rings. The van der Waals surface area contributed by atoms with E-state index in [-0.39, 0.29) is 6.04 Å². The standard InChI is InChI=1S/C18H24N2O/c1-11-7-6-8-15(13(11)3)16(19)9-17-14(4)18(21-5)12(2)10-20-17/h6-8,10,16H,9,19H2,1-5H3. The third-order valence-corrected chi connectivity index (χ3v) is 4.21. The maximum atomic E-state index is 6.41. The second-order valence-corrected chi connectivity index (χ2v) is 5.65. The fourth-order valence-electron chi connectivity index (χ4n) is 2.77. The van der Waals surface area contributed by atoms with E-state index >= 15 is 0 Å². The Morgan fingerprint density at radius 1 is 1.10 bits per heavy atom. The predicted octanol–water partition coefficient (Wildman–Crippen LogP) is 3.57. The molecule has 1 unspecified atom stereocenters. The molecule has 2 rings (SSSR count). The molecule has 2 N–H and O–H groups in total. The van der Waals surface area contributed by atoms with Crippen LogP contribution in [0.3, 0.4) is 0 Å². The van der Waals surface area contributed by atoms with Crippen molar-refractivity contribution in [1.29, 1.82) is 0 Å². The Morgan fingerprint density at radius 2 is 1.81 bits per heavy atom. The summed E-state index contributed by atoms with van der Waals surface area (Å²) >= 11 is 0. The highest BCUT2D eigenvalue weighted by molar-refractivity contribution is 5.42. The summed E-state index contributed by atoms with van der Waals surface area (Å²) in [4.78, 5) is 4.54.